The zero-order chi connectivity index (χ0) is 16.9. The Balaban J connectivity index is 1.67. The molecule has 0 atom stereocenters. The average molecular weight is 326 g/mol. The van der Waals surface area contributed by atoms with Crippen molar-refractivity contribution in [2.75, 3.05) is 26.3 Å². The normalized spacial score (nSPS) is 21.1. The fourth-order valence-corrected chi connectivity index (χ4v) is 3.04. The number of hydrogen-bond donors (Lipinski definition) is 1. The molecular formula is C17H30N2O4. The molecule has 2 aliphatic rings. The molecule has 0 unspecified atom stereocenters. The standard InChI is InChI=1S/C17H30N2O4/c1-17(2,3)23-16(21)19-8-4-13(5-9-19)12-15(20)18-14-6-10-22-11-7-14/h13-14H,4-12H2,1-3H3,(H,18,20). The van der Waals surface area contributed by atoms with Gasteiger partial charge in [-0.25, -0.2) is 4.79 Å². The van der Waals surface area contributed by atoms with Crippen molar-refractivity contribution in [1.82, 2.24) is 10.2 Å². The number of nitrogens with one attached hydrogen (secondary N) is 1. The molecule has 23 heavy (non-hydrogen) atoms. The fraction of sp³-hybridized carbons (Fsp3) is 0.882. The first kappa shape index (κ1) is 18.0. The number of rotatable bonds is 3. The summed E-state index contributed by atoms with van der Waals surface area (Å²) < 4.78 is 10.7. The van der Waals surface area contributed by atoms with Gasteiger partial charge in [-0.05, 0) is 52.4 Å². The monoisotopic (exact) mass is 326 g/mol. The molecule has 0 aromatic heterocycles. The molecule has 2 rings (SSSR count). The van der Waals surface area contributed by atoms with E-state index < -0.39 is 5.60 Å². The number of likely N-dealkylation sites (tertiary alicyclic amines) is 1. The molecule has 0 aromatic rings. The van der Waals surface area contributed by atoms with Crippen molar-refractivity contribution in [3.8, 4) is 0 Å². The van der Waals surface area contributed by atoms with E-state index in [2.05, 4.69) is 5.32 Å². The quantitative estimate of drug-likeness (QED) is 0.864. The molecule has 0 spiro atoms. The summed E-state index contributed by atoms with van der Waals surface area (Å²) in [5.74, 6) is 0.487. The van der Waals surface area contributed by atoms with Crippen LogP contribution in [0, 0.1) is 5.92 Å². The topological polar surface area (TPSA) is 67.9 Å². The first-order chi connectivity index (χ1) is 10.8. The van der Waals surface area contributed by atoms with Gasteiger partial charge in [-0.3, -0.25) is 4.79 Å². The first-order valence-electron chi connectivity index (χ1n) is 8.68. The molecule has 2 amide bonds. The Morgan fingerprint density at radius 3 is 2.30 bits per heavy atom. The van der Waals surface area contributed by atoms with Crippen LogP contribution in [0.5, 0.6) is 0 Å². The summed E-state index contributed by atoms with van der Waals surface area (Å²) in [6, 6.07) is 0.262. The zero-order valence-corrected chi connectivity index (χ0v) is 14.6. The van der Waals surface area contributed by atoms with E-state index in [9.17, 15) is 9.59 Å². The van der Waals surface area contributed by atoms with Crippen LogP contribution in [-0.2, 0) is 14.3 Å². The van der Waals surface area contributed by atoms with Crippen LogP contribution in [0.3, 0.4) is 0 Å². The molecule has 0 saturated carbocycles. The van der Waals surface area contributed by atoms with Gasteiger partial charge in [0, 0.05) is 38.8 Å². The fourth-order valence-electron chi connectivity index (χ4n) is 3.04. The Morgan fingerprint density at radius 2 is 1.74 bits per heavy atom. The summed E-state index contributed by atoms with van der Waals surface area (Å²) in [7, 11) is 0. The molecular weight excluding hydrogens is 296 g/mol. The lowest BCUT2D eigenvalue weighted by molar-refractivity contribution is -0.123. The highest BCUT2D eigenvalue weighted by atomic mass is 16.6. The third kappa shape index (κ3) is 6.37. The number of amides is 2. The minimum Gasteiger partial charge on any atom is -0.444 e. The number of ether oxygens (including phenoxy) is 2. The Kier molecular flexibility index (Phi) is 6.27. The van der Waals surface area contributed by atoms with Gasteiger partial charge in [0.1, 0.15) is 5.60 Å². The molecule has 1 N–H and O–H groups in total. The maximum absolute atomic E-state index is 12.1. The van der Waals surface area contributed by atoms with Crippen molar-refractivity contribution in [2.24, 2.45) is 5.92 Å². The molecule has 2 saturated heterocycles. The zero-order valence-electron chi connectivity index (χ0n) is 14.6. The predicted octanol–water partition coefficient (Wildman–Crippen LogP) is 2.32. The molecule has 0 bridgehead atoms. The van der Waals surface area contributed by atoms with Gasteiger partial charge < -0.3 is 19.7 Å². The van der Waals surface area contributed by atoms with E-state index in [1.54, 1.807) is 4.90 Å². The second kappa shape index (κ2) is 7.99. The first-order valence-corrected chi connectivity index (χ1v) is 8.68. The van der Waals surface area contributed by atoms with E-state index >= 15 is 0 Å². The molecule has 6 nitrogen and oxygen atoms in total. The van der Waals surface area contributed by atoms with Crippen LogP contribution in [0.2, 0.25) is 0 Å². The van der Waals surface area contributed by atoms with Gasteiger partial charge >= 0.3 is 6.09 Å². The van der Waals surface area contributed by atoms with Crippen LogP contribution in [0.15, 0.2) is 0 Å². The summed E-state index contributed by atoms with van der Waals surface area (Å²) in [5.41, 5.74) is -0.461. The number of carbonyl (C=O) groups is 2. The summed E-state index contributed by atoms with van der Waals surface area (Å²) in [6.07, 6.45) is 3.84. The van der Waals surface area contributed by atoms with Crippen LogP contribution in [0.25, 0.3) is 0 Å². The van der Waals surface area contributed by atoms with Gasteiger partial charge in [-0.2, -0.15) is 0 Å². The molecule has 6 heteroatoms. The summed E-state index contributed by atoms with van der Waals surface area (Å²) in [6.45, 7) is 8.43. The van der Waals surface area contributed by atoms with Crippen molar-refractivity contribution < 1.29 is 19.1 Å². The van der Waals surface area contributed by atoms with E-state index in [0.29, 0.717) is 25.4 Å². The third-order valence-corrected chi connectivity index (χ3v) is 4.33. The van der Waals surface area contributed by atoms with E-state index in [0.717, 1.165) is 38.9 Å². The van der Waals surface area contributed by atoms with Crippen molar-refractivity contribution in [2.45, 2.75) is 64.5 Å². The number of piperidine rings is 1. The Bertz CT molecular complexity index is 405. The van der Waals surface area contributed by atoms with E-state index in [-0.39, 0.29) is 18.0 Å². The molecule has 2 heterocycles. The highest BCUT2D eigenvalue weighted by Gasteiger charge is 2.28. The number of nitrogens with zero attached hydrogens (tertiary/aromatic N) is 1. The maximum atomic E-state index is 12.1. The Labute approximate surface area is 138 Å². The van der Waals surface area contributed by atoms with Gasteiger partial charge in [0.05, 0.1) is 0 Å². The van der Waals surface area contributed by atoms with Gasteiger partial charge in [-0.15, -0.1) is 0 Å². The average Bonchev–Trinajstić information content (AvgIpc) is 2.47. The molecule has 2 aliphatic heterocycles. The molecule has 0 aromatic carbocycles. The van der Waals surface area contributed by atoms with Crippen molar-refractivity contribution in [1.29, 1.82) is 0 Å². The molecule has 0 aliphatic carbocycles. The highest BCUT2D eigenvalue weighted by Crippen LogP contribution is 2.22. The van der Waals surface area contributed by atoms with E-state index in [4.69, 9.17) is 9.47 Å². The predicted molar refractivity (Wildman–Crippen MR) is 87.1 cm³/mol. The van der Waals surface area contributed by atoms with Crippen LogP contribution in [-0.4, -0.2) is 54.8 Å². The Hall–Kier alpha value is -1.30. The molecule has 0 radical (unpaired) electrons. The SMILES string of the molecule is CC(C)(C)OC(=O)N1CCC(CC(=O)NC2CCOCC2)CC1. The van der Waals surface area contributed by atoms with Gasteiger partial charge in [0.25, 0.3) is 0 Å². The van der Waals surface area contributed by atoms with E-state index in [1.807, 2.05) is 20.8 Å². The maximum Gasteiger partial charge on any atom is 0.410 e. The second-order valence-corrected chi connectivity index (χ2v) is 7.57. The largest absolute Gasteiger partial charge is 0.444 e. The summed E-state index contributed by atoms with van der Waals surface area (Å²) in [4.78, 5) is 25.9. The lowest BCUT2D eigenvalue weighted by atomic mass is 9.93. The van der Waals surface area contributed by atoms with Gasteiger partial charge in [0.15, 0.2) is 0 Å². The highest BCUT2D eigenvalue weighted by molar-refractivity contribution is 5.76. The second-order valence-electron chi connectivity index (χ2n) is 7.57. The third-order valence-electron chi connectivity index (χ3n) is 4.33. The minimum absolute atomic E-state index is 0.132. The van der Waals surface area contributed by atoms with Crippen LogP contribution in [0.4, 0.5) is 4.79 Å². The van der Waals surface area contributed by atoms with E-state index in [1.165, 1.54) is 0 Å². The lowest BCUT2D eigenvalue weighted by Crippen LogP contribution is -2.43. The lowest BCUT2D eigenvalue weighted by Gasteiger charge is -2.33. The number of carbonyl (C=O) groups excluding carboxylic acids is 2. The summed E-state index contributed by atoms with van der Waals surface area (Å²) in [5, 5.41) is 3.11. The van der Waals surface area contributed by atoms with Crippen molar-refractivity contribution in [3.63, 3.8) is 0 Å². The van der Waals surface area contributed by atoms with Crippen molar-refractivity contribution >= 4 is 12.0 Å². The van der Waals surface area contributed by atoms with Crippen LogP contribution >= 0.6 is 0 Å². The summed E-state index contributed by atoms with van der Waals surface area (Å²) >= 11 is 0. The van der Waals surface area contributed by atoms with Crippen molar-refractivity contribution in [3.05, 3.63) is 0 Å². The van der Waals surface area contributed by atoms with Crippen LogP contribution < -0.4 is 5.32 Å². The Morgan fingerprint density at radius 1 is 1.13 bits per heavy atom. The molecule has 132 valence electrons. The van der Waals surface area contributed by atoms with Crippen LogP contribution in [0.1, 0.15) is 52.9 Å². The molecule has 2 fully saturated rings. The van der Waals surface area contributed by atoms with Gasteiger partial charge in [0.2, 0.25) is 5.91 Å². The van der Waals surface area contributed by atoms with Gasteiger partial charge in [-0.1, -0.05) is 0 Å². The number of hydrogen-bond acceptors (Lipinski definition) is 4. The smallest absolute Gasteiger partial charge is 0.410 e. The minimum atomic E-state index is -0.461.